The summed E-state index contributed by atoms with van der Waals surface area (Å²) in [6.07, 6.45) is -3.08. The van der Waals surface area contributed by atoms with Gasteiger partial charge >= 0.3 is 6.18 Å². The highest BCUT2D eigenvalue weighted by atomic mass is 79.9. The lowest BCUT2D eigenvalue weighted by Gasteiger charge is -2.07. The molecular formula is C10H5BrF3NO. The number of aromatic amines is 1. The van der Waals surface area contributed by atoms with Crippen LogP contribution in [-0.4, -0.2) is 4.98 Å². The van der Waals surface area contributed by atoms with Gasteiger partial charge in [-0.2, -0.15) is 13.2 Å². The SMILES string of the molecule is O=c1c(Br)c[nH]c2cc(C(F)(F)F)ccc12. The van der Waals surface area contributed by atoms with Crippen LogP contribution in [0.3, 0.4) is 0 Å². The van der Waals surface area contributed by atoms with E-state index < -0.39 is 11.7 Å². The van der Waals surface area contributed by atoms with Crippen molar-refractivity contribution in [3.63, 3.8) is 0 Å². The number of halogens is 4. The fourth-order valence-corrected chi connectivity index (χ4v) is 1.70. The number of pyridine rings is 1. The van der Waals surface area contributed by atoms with Gasteiger partial charge in [0.25, 0.3) is 0 Å². The maximum atomic E-state index is 12.4. The Hall–Kier alpha value is -1.30. The van der Waals surface area contributed by atoms with Crippen LogP contribution < -0.4 is 5.43 Å². The standard InChI is InChI=1S/C10H5BrF3NO/c11-7-4-15-8-3-5(10(12,13)14)1-2-6(8)9(7)16/h1-4H,(H,15,16). The molecule has 0 saturated carbocycles. The van der Waals surface area contributed by atoms with Gasteiger partial charge in [-0.25, -0.2) is 0 Å². The van der Waals surface area contributed by atoms with Crippen molar-refractivity contribution < 1.29 is 13.2 Å². The van der Waals surface area contributed by atoms with Gasteiger partial charge < -0.3 is 4.98 Å². The number of alkyl halides is 3. The minimum Gasteiger partial charge on any atom is -0.360 e. The van der Waals surface area contributed by atoms with Crippen LogP contribution in [0.15, 0.2) is 33.7 Å². The van der Waals surface area contributed by atoms with Crippen LogP contribution in [0.4, 0.5) is 13.2 Å². The molecule has 0 aliphatic rings. The number of fused-ring (bicyclic) bond motifs is 1. The first-order valence-corrected chi connectivity index (χ1v) is 5.07. The van der Waals surface area contributed by atoms with Crippen molar-refractivity contribution in [1.82, 2.24) is 4.98 Å². The van der Waals surface area contributed by atoms with Crippen molar-refractivity contribution in [3.05, 3.63) is 44.7 Å². The number of nitrogens with one attached hydrogen (secondary N) is 1. The zero-order chi connectivity index (χ0) is 11.9. The van der Waals surface area contributed by atoms with E-state index in [0.29, 0.717) is 4.47 Å². The van der Waals surface area contributed by atoms with E-state index in [9.17, 15) is 18.0 Å². The Labute approximate surface area is 96.2 Å². The Bertz CT molecular complexity index is 603. The number of rotatable bonds is 0. The van der Waals surface area contributed by atoms with Crippen molar-refractivity contribution in [2.75, 3.05) is 0 Å². The molecule has 16 heavy (non-hydrogen) atoms. The molecule has 0 aliphatic heterocycles. The average Bonchev–Trinajstić information content (AvgIpc) is 2.22. The molecule has 0 atom stereocenters. The van der Waals surface area contributed by atoms with Gasteiger partial charge in [0.2, 0.25) is 5.43 Å². The second-order valence-electron chi connectivity index (χ2n) is 3.22. The Morgan fingerprint density at radius 3 is 2.56 bits per heavy atom. The van der Waals surface area contributed by atoms with Gasteiger partial charge in [-0.3, -0.25) is 4.79 Å². The molecule has 1 aromatic carbocycles. The molecule has 1 aromatic heterocycles. The Kier molecular flexibility index (Phi) is 2.53. The van der Waals surface area contributed by atoms with E-state index in [0.717, 1.165) is 12.1 Å². The minimum absolute atomic E-state index is 0.169. The molecule has 0 saturated heterocycles. The molecule has 1 N–H and O–H groups in total. The van der Waals surface area contributed by atoms with Crippen LogP contribution in [0.2, 0.25) is 0 Å². The molecule has 2 nitrogen and oxygen atoms in total. The molecule has 2 rings (SSSR count). The smallest absolute Gasteiger partial charge is 0.360 e. The monoisotopic (exact) mass is 291 g/mol. The molecule has 0 aliphatic carbocycles. The summed E-state index contributed by atoms with van der Waals surface area (Å²) in [7, 11) is 0. The summed E-state index contributed by atoms with van der Waals surface area (Å²) < 4.78 is 37.5. The summed E-state index contributed by atoms with van der Waals surface area (Å²) in [4.78, 5) is 14.2. The summed E-state index contributed by atoms with van der Waals surface area (Å²) >= 11 is 3.01. The molecule has 0 fully saturated rings. The predicted octanol–water partition coefficient (Wildman–Crippen LogP) is 3.31. The van der Waals surface area contributed by atoms with Crippen LogP contribution in [0.5, 0.6) is 0 Å². The third-order valence-electron chi connectivity index (χ3n) is 2.16. The van der Waals surface area contributed by atoms with Gasteiger partial charge in [0.05, 0.1) is 10.0 Å². The third kappa shape index (κ3) is 1.84. The van der Waals surface area contributed by atoms with Gasteiger partial charge in [-0.1, -0.05) is 0 Å². The molecule has 2 aromatic rings. The molecule has 1 heterocycles. The van der Waals surface area contributed by atoms with Gasteiger partial charge in [0.15, 0.2) is 0 Å². The second-order valence-corrected chi connectivity index (χ2v) is 4.08. The zero-order valence-electron chi connectivity index (χ0n) is 7.73. The van der Waals surface area contributed by atoms with Crippen LogP contribution in [0, 0.1) is 0 Å². The highest BCUT2D eigenvalue weighted by Gasteiger charge is 2.30. The topological polar surface area (TPSA) is 32.9 Å². The van der Waals surface area contributed by atoms with Crippen LogP contribution >= 0.6 is 15.9 Å². The zero-order valence-corrected chi connectivity index (χ0v) is 9.32. The fraction of sp³-hybridized carbons (Fsp3) is 0.100. The van der Waals surface area contributed by atoms with Crippen molar-refractivity contribution in [1.29, 1.82) is 0 Å². The molecule has 0 unspecified atom stereocenters. The molecule has 0 amide bonds. The van der Waals surface area contributed by atoms with Gasteiger partial charge in [0, 0.05) is 17.1 Å². The Morgan fingerprint density at radius 2 is 1.94 bits per heavy atom. The number of hydrogen-bond acceptors (Lipinski definition) is 1. The molecular weight excluding hydrogens is 287 g/mol. The molecule has 6 heteroatoms. The van der Waals surface area contributed by atoms with Gasteiger partial charge in [-0.05, 0) is 34.1 Å². The average molecular weight is 292 g/mol. The van der Waals surface area contributed by atoms with Crippen LogP contribution in [0.25, 0.3) is 10.9 Å². The fourth-order valence-electron chi connectivity index (χ4n) is 1.37. The lowest BCUT2D eigenvalue weighted by atomic mass is 10.1. The summed E-state index contributed by atoms with van der Waals surface area (Å²) in [5, 5.41) is 0.224. The molecule has 0 radical (unpaired) electrons. The first-order chi connectivity index (χ1) is 7.39. The van der Waals surface area contributed by atoms with Crippen molar-refractivity contribution in [2.24, 2.45) is 0 Å². The van der Waals surface area contributed by atoms with Crippen molar-refractivity contribution >= 4 is 26.8 Å². The molecule has 84 valence electrons. The first-order valence-electron chi connectivity index (χ1n) is 4.28. The van der Waals surface area contributed by atoms with Crippen molar-refractivity contribution in [3.8, 4) is 0 Å². The number of aromatic nitrogens is 1. The third-order valence-corrected chi connectivity index (χ3v) is 2.75. The van der Waals surface area contributed by atoms with Crippen LogP contribution in [-0.2, 0) is 6.18 Å². The Morgan fingerprint density at radius 1 is 1.25 bits per heavy atom. The summed E-state index contributed by atoms with van der Waals surface area (Å²) in [6, 6.07) is 2.98. The number of hydrogen-bond donors (Lipinski definition) is 1. The van der Waals surface area contributed by atoms with E-state index in [1.807, 2.05) is 0 Å². The van der Waals surface area contributed by atoms with Crippen molar-refractivity contribution in [2.45, 2.75) is 6.18 Å². The normalized spacial score (nSPS) is 12.0. The number of benzene rings is 1. The lowest BCUT2D eigenvalue weighted by molar-refractivity contribution is -0.137. The highest BCUT2D eigenvalue weighted by molar-refractivity contribution is 9.10. The van der Waals surface area contributed by atoms with E-state index in [2.05, 4.69) is 20.9 Å². The molecule has 0 spiro atoms. The van der Waals surface area contributed by atoms with Gasteiger partial charge in [-0.15, -0.1) is 0 Å². The summed E-state index contributed by atoms with van der Waals surface area (Å²) in [6.45, 7) is 0. The molecule has 0 bridgehead atoms. The van der Waals surface area contributed by atoms with Crippen LogP contribution in [0.1, 0.15) is 5.56 Å². The van der Waals surface area contributed by atoms with E-state index in [4.69, 9.17) is 0 Å². The predicted molar refractivity (Wildman–Crippen MR) is 57.3 cm³/mol. The van der Waals surface area contributed by atoms with E-state index in [1.165, 1.54) is 12.3 Å². The summed E-state index contributed by atoms with van der Waals surface area (Å²) in [5.41, 5.74) is -0.941. The van der Waals surface area contributed by atoms with E-state index in [1.54, 1.807) is 0 Å². The first kappa shape index (κ1) is 11.2. The Balaban J connectivity index is 2.75. The largest absolute Gasteiger partial charge is 0.416 e. The quantitative estimate of drug-likeness (QED) is 0.794. The van der Waals surface area contributed by atoms with Gasteiger partial charge in [0.1, 0.15) is 0 Å². The maximum absolute atomic E-state index is 12.4. The lowest BCUT2D eigenvalue weighted by Crippen LogP contribution is -2.08. The maximum Gasteiger partial charge on any atom is 0.416 e. The summed E-state index contributed by atoms with van der Waals surface area (Å²) in [5.74, 6) is 0. The van der Waals surface area contributed by atoms with E-state index in [-0.39, 0.29) is 16.3 Å². The second kappa shape index (κ2) is 3.62. The highest BCUT2D eigenvalue weighted by Crippen LogP contribution is 2.30. The number of H-pyrrole nitrogens is 1. The van der Waals surface area contributed by atoms with E-state index >= 15 is 0 Å². The minimum atomic E-state index is -4.40.